The van der Waals surface area contributed by atoms with Crippen LogP contribution in [-0.2, 0) is 0 Å². The Hall–Kier alpha value is -3.21. The maximum absolute atomic E-state index is 12.7. The summed E-state index contributed by atoms with van der Waals surface area (Å²) in [6.45, 7) is 0. The highest BCUT2D eigenvalue weighted by Gasteiger charge is 2.16. The van der Waals surface area contributed by atoms with Gasteiger partial charge in [-0.25, -0.2) is 5.43 Å². The predicted octanol–water partition coefficient (Wildman–Crippen LogP) is 6.40. The van der Waals surface area contributed by atoms with Crippen molar-refractivity contribution in [3.8, 4) is 0 Å². The minimum atomic E-state index is -0.322. The van der Waals surface area contributed by atoms with Gasteiger partial charge >= 0.3 is 0 Å². The number of hydrogen-bond acceptors (Lipinski definition) is 3. The first kappa shape index (κ1) is 19.1. The van der Waals surface area contributed by atoms with E-state index in [1.165, 1.54) is 11.3 Å². The highest BCUT2D eigenvalue weighted by Crippen LogP contribution is 2.34. The third-order valence-corrected chi connectivity index (χ3v) is 6.00. The van der Waals surface area contributed by atoms with Crippen molar-refractivity contribution in [1.29, 1.82) is 0 Å². The average molecular weight is 417 g/mol. The van der Waals surface area contributed by atoms with Crippen molar-refractivity contribution >= 4 is 50.7 Å². The molecular formula is C24H17ClN2OS. The van der Waals surface area contributed by atoms with E-state index in [1.807, 2.05) is 97.1 Å². The minimum absolute atomic E-state index is 0.322. The zero-order valence-electron chi connectivity index (χ0n) is 15.4. The van der Waals surface area contributed by atoms with Crippen molar-refractivity contribution in [2.24, 2.45) is 5.10 Å². The highest BCUT2D eigenvalue weighted by atomic mass is 35.5. The Kier molecular flexibility index (Phi) is 5.84. The quantitative estimate of drug-likeness (QED) is 0.296. The Bertz CT molecular complexity index is 1200. The number of hydrazone groups is 1. The van der Waals surface area contributed by atoms with Gasteiger partial charge in [0.2, 0.25) is 0 Å². The van der Waals surface area contributed by atoms with Gasteiger partial charge < -0.3 is 0 Å². The second kappa shape index (κ2) is 8.86. The molecule has 0 spiro atoms. The second-order valence-corrected chi connectivity index (χ2v) is 7.72. The number of amides is 1. The van der Waals surface area contributed by atoms with Crippen LogP contribution in [0.2, 0.25) is 5.02 Å². The Labute approximate surface area is 178 Å². The highest BCUT2D eigenvalue weighted by molar-refractivity contribution is 7.21. The maximum atomic E-state index is 12.7. The lowest BCUT2D eigenvalue weighted by Gasteiger charge is -2.04. The lowest BCUT2D eigenvalue weighted by Crippen LogP contribution is -2.18. The summed E-state index contributed by atoms with van der Waals surface area (Å²) in [5.74, 6) is -0.322. The van der Waals surface area contributed by atoms with Crippen LogP contribution in [-0.4, -0.2) is 11.6 Å². The van der Waals surface area contributed by atoms with E-state index >= 15 is 0 Å². The van der Waals surface area contributed by atoms with Gasteiger partial charge in [0.1, 0.15) is 4.88 Å². The van der Waals surface area contributed by atoms with E-state index in [2.05, 4.69) is 10.5 Å². The van der Waals surface area contributed by atoms with E-state index in [1.54, 1.807) is 0 Å². The number of hydrogen-bond donors (Lipinski definition) is 1. The van der Waals surface area contributed by atoms with Crippen LogP contribution in [0.5, 0.6) is 0 Å². The lowest BCUT2D eigenvalue weighted by atomic mass is 10.1. The summed E-state index contributed by atoms with van der Waals surface area (Å²) >= 11 is 7.77. The zero-order valence-corrected chi connectivity index (χ0v) is 17.0. The number of allylic oxidation sites excluding steroid dienone is 1. The van der Waals surface area contributed by atoms with Crippen LogP contribution < -0.4 is 5.43 Å². The van der Waals surface area contributed by atoms with Gasteiger partial charge in [-0.2, -0.15) is 5.10 Å². The van der Waals surface area contributed by atoms with E-state index in [4.69, 9.17) is 11.6 Å². The number of carbonyl (C=O) groups is 1. The van der Waals surface area contributed by atoms with Gasteiger partial charge in [0, 0.05) is 15.6 Å². The first-order chi connectivity index (χ1) is 14.2. The molecule has 0 aliphatic carbocycles. The molecule has 0 radical (unpaired) electrons. The standard InChI is InChI=1S/C24H17ClN2OS/c25-22-19-13-7-8-14-21(19)29-23(22)24(28)27-26-20(18-11-5-2-6-12-18)16-15-17-9-3-1-4-10-17/h1-16H,(H,27,28)/b16-15-,26-20?. The molecule has 0 saturated carbocycles. The van der Waals surface area contributed by atoms with E-state index in [0.29, 0.717) is 15.6 Å². The molecule has 0 fully saturated rings. The fraction of sp³-hybridized carbons (Fsp3) is 0. The van der Waals surface area contributed by atoms with Gasteiger partial charge in [-0.1, -0.05) is 96.5 Å². The first-order valence-electron chi connectivity index (χ1n) is 9.06. The molecule has 4 rings (SSSR count). The summed E-state index contributed by atoms with van der Waals surface area (Å²) in [5, 5.41) is 5.71. The monoisotopic (exact) mass is 416 g/mol. The van der Waals surface area contributed by atoms with Gasteiger partial charge in [0.05, 0.1) is 10.7 Å². The molecule has 1 amide bonds. The van der Waals surface area contributed by atoms with Crippen LogP contribution in [0.25, 0.3) is 16.2 Å². The largest absolute Gasteiger partial charge is 0.283 e. The Balaban J connectivity index is 1.62. The third-order valence-electron chi connectivity index (χ3n) is 4.32. The molecule has 0 atom stereocenters. The minimum Gasteiger partial charge on any atom is -0.266 e. The van der Waals surface area contributed by atoms with Crippen LogP contribution in [0.3, 0.4) is 0 Å². The van der Waals surface area contributed by atoms with Crippen molar-refractivity contribution < 1.29 is 4.79 Å². The van der Waals surface area contributed by atoms with Gasteiger partial charge in [-0.05, 0) is 17.7 Å². The van der Waals surface area contributed by atoms with Gasteiger partial charge in [0.25, 0.3) is 5.91 Å². The molecular weight excluding hydrogens is 400 g/mol. The molecule has 0 unspecified atom stereocenters. The fourth-order valence-electron chi connectivity index (χ4n) is 2.87. The molecule has 5 heteroatoms. The molecule has 1 aromatic heterocycles. The summed E-state index contributed by atoms with van der Waals surface area (Å²) in [4.78, 5) is 13.2. The maximum Gasteiger partial charge on any atom is 0.283 e. The Morgan fingerprint density at radius 2 is 1.55 bits per heavy atom. The summed E-state index contributed by atoms with van der Waals surface area (Å²) in [6, 6.07) is 27.3. The van der Waals surface area contributed by atoms with Crippen LogP contribution in [0.4, 0.5) is 0 Å². The smallest absolute Gasteiger partial charge is 0.266 e. The molecule has 1 heterocycles. The second-order valence-electron chi connectivity index (χ2n) is 6.29. The number of rotatable bonds is 5. The number of halogens is 1. The predicted molar refractivity (Wildman–Crippen MR) is 123 cm³/mol. The van der Waals surface area contributed by atoms with Crippen LogP contribution >= 0.6 is 22.9 Å². The van der Waals surface area contributed by atoms with Crippen molar-refractivity contribution in [2.75, 3.05) is 0 Å². The van der Waals surface area contributed by atoms with Crippen LogP contribution in [0.15, 0.2) is 96.1 Å². The summed E-state index contributed by atoms with van der Waals surface area (Å²) in [5.41, 5.74) is 5.27. The number of carbonyl (C=O) groups excluding carboxylic acids is 1. The normalized spacial score (nSPS) is 11.8. The molecule has 0 saturated heterocycles. The third kappa shape index (κ3) is 4.45. The molecule has 0 aliphatic heterocycles. The van der Waals surface area contributed by atoms with Crippen LogP contribution in [0.1, 0.15) is 20.8 Å². The molecule has 3 nitrogen and oxygen atoms in total. The van der Waals surface area contributed by atoms with Gasteiger partial charge in [0.15, 0.2) is 0 Å². The SMILES string of the molecule is O=C(NN=C(/C=C\c1ccccc1)c1ccccc1)c1sc2ccccc2c1Cl. The molecule has 1 N–H and O–H groups in total. The Morgan fingerprint density at radius 3 is 2.28 bits per heavy atom. The molecule has 29 heavy (non-hydrogen) atoms. The topological polar surface area (TPSA) is 41.5 Å². The summed E-state index contributed by atoms with van der Waals surface area (Å²) < 4.78 is 0.971. The van der Waals surface area contributed by atoms with Crippen LogP contribution in [0, 0.1) is 0 Å². The Morgan fingerprint density at radius 1 is 0.897 bits per heavy atom. The molecule has 3 aromatic carbocycles. The van der Waals surface area contributed by atoms with E-state index in [-0.39, 0.29) is 5.91 Å². The molecule has 142 valence electrons. The zero-order chi connectivity index (χ0) is 20.1. The van der Waals surface area contributed by atoms with Gasteiger partial charge in [-0.15, -0.1) is 11.3 Å². The number of benzene rings is 3. The van der Waals surface area contributed by atoms with Crippen molar-refractivity contribution in [3.05, 3.63) is 112 Å². The van der Waals surface area contributed by atoms with Gasteiger partial charge in [-0.3, -0.25) is 4.79 Å². The number of thiophene rings is 1. The van der Waals surface area contributed by atoms with E-state index in [0.717, 1.165) is 21.2 Å². The van der Waals surface area contributed by atoms with E-state index < -0.39 is 0 Å². The molecule has 0 bridgehead atoms. The average Bonchev–Trinajstić information content (AvgIpc) is 3.12. The summed E-state index contributed by atoms with van der Waals surface area (Å²) in [6.07, 6.45) is 3.85. The lowest BCUT2D eigenvalue weighted by molar-refractivity contribution is 0.0959. The number of nitrogens with one attached hydrogen (secondary N) is 1. The first-order valence-corrected chi connectivity index (χ1v) is 10.3. The number of nitrogens with zero attached hydrogens (tertiary/aromatic N) is 1. The number of fused-ring (bicyclic) bond motifs is 1. The van der Waals surface area contributed by atoms with E-state index in [9.17, 15) is 4.79 Å². The molecule has 0 aliphatic rings. The van der Waals surface area contributed by atoms with Crippen molar-refractivity contribution in [1.82, 2.24) is 5.43 Å². The fourth-order valence-corrected chi connectivity index (χ4v) is 4.27. The summed E-state index contributed by atoms with van der Waals surface area (Å²) in [7, 11) is 0. The van der Waals surface area contributed by atoms with Crippen molar-refractivity contribution in [3.63, 3.8) is 0 Å². The van der Waals surface area contributed by atoms with Crippen molar-refractivity contribution in [2.45, 2.75) is 0 Å². The molecule has 4 aromatic rings.